The molecule has 0 bridgehead atoms. The van der Waals surface area contributed by atoms with E-state index < -0.39 is 5.60 Å². The molecule has 1 heterocycles. The van der Waals surface area contributed by atoms with Gasteiger partial charge in [-0.2, -0.15) is 11.8 Å². The molecule has 0 amide bonds. The molecule has 3 N–H and O–H groups in total. The van der Waals surface area contributed by atoms with Gasteiger partial charge in [-0.15, -0.1) is 0 Å². The average molecular weight is 201 g/mol. The molecule has 2 aliphatic rings. The summed E-state index contributed by atoms with van der Waals surface area (Å²) in [4.78, 5) is 0. The monoisotopic (exact) mass is 201 g/mol. The van der Waals surface area contributed by atoms with E-state index in [1.165, 1.54) is 19.3 Å². The van der Waals surface area contributed by atoms with Crippen molar-refractivity contribution in [3.05, 3.63) is 0 Å². The van der Waals surface area contributed by atoms with E-state index in [1.54, 1.807) is 0 Å². The van der Waals surface area contributed by atoms with Crippen molar-refractivity contribution in [2.75, 3.05) is 11.5 Å². The van der Waals surface area contributed by atoms with Crippen LogP contribution in [0.25, 0.3) is 0 Å². The smallest absolute Gasteiger partial charge is 0.0923 e. The van der Waals surface area contributed by atoms with E-state index >= 15 is 0 Å². The van der Waals surface area contributed by atoms with Gasteiger partial charge in [0.25, 0.3) is 0 Å². The van der Waals surface area contributed by atoms with E-state index in [-0.39, 0.29) is 5.54 Å². The highest BCUT2D eigenvalue weighted by Crippen LogP contribution is 2.42. The lowest BCUT2D eigenvalue weighted by molar-refractivity contribution is -0.0293. The molecule has 1 atom stereocenters. The minimum absolute atomic E-state index is 0.269. The van der Waals surface area contributed by atoms with Crippen LogP contribution in [-0.4, -0.2) is 27.8 Å². The Bertz CT molecular complexity index is 183. The summed E-state index contributed by atoms with van der Waals surface area (Å²) in [6, 6.07) is 0. The summed E-state index contributed by atoms with van der Waals surface area (Å²) in [6.07, 6.45) is 6.62. The molecule has 0 aromatic heterocycles. The Morgan fingerprint density at radius 3 is 2.31 bits per heavy atom. The van der Waals surface area contributed by atoms with Crippen LogP contribution in [-0.2, 0) is 0 Å². The Kier molecular flexibility index (Phi) is 2.60. The molecule has 2 rings (SSSR count). The van der Waals surface area contributed by atoms with E-state index in [0.717, 1.165) is 30.8 Å². The third-order valence-corrected chi connectivity index (χ3v) is 4.85. The van der Waals surface area contributed by atoms with Crippen molar-refractivity contribution in [2.24, 2.45) is 5.73 Å². The van der Waals surface area contributed by atoms with Crippen molar-refractivity contribution < 1.29 is 5.11 Å². The van der Waals surface area contributed by atoms with E-state index in [9.17, 15) is 5.11 Å². The fourth-order valence-electron chi connectivity index (χ4n) is 2.59. The Hall–Kier alpha value is 0.270. The highest BCUT2D eigenvalue weighted by atomic mass is 32.2. The first-order valence-electron chi connectivity index (χ1n) is 5.25. The van der Waals surface area contributed by atoms with Gasteiger partial charge in [-0.25, -0.2) is 0 Å². The zero-order chi connectivity index (χ0) is 9.36. The lowest BCUT2D eigenvalue weighted by Gasteiger charge is -2.44. The zero-order valence-electron chi connectivity index (χ0n) is 8.09. The quantitative estimate of drug-likeness (QED) is 0.676. The second-order valence-corrected chi connectivity index (χ2v) is 5.66. The van der Waals surface area contributed by atoms with Crippen LogP contribution in [0.1, 0.15) is 38.5 Å². The van der Waals surface area contributed by atoms with Gasteiger partial charge in [0.1, 0.15) is 0 Å². The van der Waals surface area contributed by atoms with Gasteiger partial charge < -0.3 is 10.8 Å². The molecule has 1 aliphatic heterocycles. The lowest BCUT2D eigenvalue weighted by atomic mass is 9.70. The van der Waals surface area contributed by atoms with Gasteiger partial charge in [-0.3, -0.25) is 0 Å². The van der Waals surface area contributed by atoms with Gasteiger partial charge in [-0.05, 0) is 25.0 Å². The van der Waals surface area contributed by atoms with Gasteiger partial charge >= 0.3 is 0 Å². The molecule has 76 valence electrons. The van der Waals surface area contributed by atoms with Crippen molar-refractivity contribution in [3.63, 3.8) is 0 Å². The fraction of sp³-hybridized carbons (Fsp3) is 1.00. The van der Waals surface area contributed by atoms with Crippen molar-refractivity contribution in [1.82, 2.24) is 0 Å². The second kappa shape index (κ2) is 3.44. The van der Waals surface area contributed by atoms with Crippen LogP contribution in [0.4, 0.5) is 0 Å². The van der Waals surface area contributed by atoms with E-state index in [4.69, 9.17) is 5.73 Å². The number of hydrogen-bond donors (Lipinski definition) is 2. The predicted octanol–water partition coefficient (Wildman–Crippen LogP) is 1.52. The summed E-state index contributed by atoms with van der Waals surface area (Å²) in [7, 11) is 0. The second-order valence-electron chi connectivity index (χ2n) is 4.55. The van der Waals surface area contributed by atoms with Crippen LogP contribution < -0.4 is 5.73 Å². The molecule has 0 spiro atoms. The number of thioether (sulfide) groups is 1. The molecule has 1 aliphatic carbocycles. The van der Waals surface area contributed by atoms with E-state index in [0.29, 0.717) is 0 Å². The minimum atomic E-state index is -0.557. The number of nitrogens with two attached hydrogens (primary N) is 1. The summed E-state index contributed by atoms with van der Waals surface area (Å²) in [5.74, 6) is 1.93. The molecule has 0 radical (unpaired) electrons. The van der Waals surface area contributed by atoms with Crippen LogP contribution in [0.15, 0.2) is 0 Å². The Balaban J connectivity index is 2.11. The molecule has 0 aromatic carbocycles. The number of hydrogen-bond acceptors (Lipinski definition) is 3. The molecule has 1 saturated carbocycles. The predicted molar refractivity (Wildman–Crippen MR) is 56.9 cm³/mol. The maximum Gasteiger partial charge on any atom is 0.0923 e. The lowest BCUT2D eigenvalue weighted by Crippen LogP contribution is -2.61. The zero-order valence-corrected chi connectivity index (χ0v) is 8.91. The summed E-state index contributed by atoms with van der Waals surface area (Å²) in [5, 5.41) is 10.4. The van der Waals surface area contributed by atoms with Crippen molar-refractivity contribution >= 4 is 11.8 Å². The van der Waals surface area contributed by atoms with Crippen LogP contribution in [0, 0.1) is 0 Å². The van der Waals surface area contributed by atoms with Gasteiger partial charge in [-0.1, -0.05) is 19.3 Å². The van der Waals surface area contributed by atoms with Crippen molar-refractivity contribution in [1.29, 1.82) is 0 Å². The average Bonchev–Trinajstić information content (AvgIpc) is 2.55. The normalized spacial score (nSPS) is 39.2. The molecular formula is C10H19NOS. The molecule has 2 fully saturated rings. The number of aliphatic hydroxyl groups is 1. The summed E-state index contributed by atoms with van der Waals surface area (Å²) in [5.41, 5.74) is 5.51. The standard InChI is InChI=1S/C10H19NOS/c11-9(4-2-1-3-5-9)10(12)6-7-13-8-10/h12H,1-8,11H2. The summed E-state index contributed by atoms with van der Waals surface area (Å²) >= 11 is 1.84. The molecule has 1 saturated heterocycles. The first-order chi connectivity index (χ1) is 6.16. The summed E-state index contributed by atoms with van der Waals surface area (Å²) in [6.45, 7) is 0. The van der Waals surface area contributed by atoms with Gasteiger partial charge in [0.15, 0.2) is 0 Å². The third kappa shape index (κ3) is 1.62. The Labute approximate surface area is 84.3 Å². The largest absolute Gasteiger partial charge is 0.387 e. The van der Waals surface area contributed by atoms with Crippen LogP contribution in [0.2, 0.25) is 0 Å². The highest BCUT2D eigenvalue weighted by molar-refractivity contribution is 7.99. The van der Waals surface area contributed by atoms with Gasteiger partial charge in [0.05, 0.1) is 5.60 Å². The molecule has 2 nitrogen and oxygen atoms in total. The van der Waals surface area contributed by atoms with Crippen LogP contribution in [0.5, 0.6) is 0 Å². The Morgan fingerprint density at radius 1 is 1.08 bits per heavy atom. The Morgan fingerprint density at radius 2 is 1.77 bits per heavy atom. The SMILES string of the molecule is NC1(C2(O)CCSC2)CCCCC1. The third-order valence-electron chi connectivity index (χ3n) is 3.67. The topological polar surface area (TPSA) is 46.2 Å². The maximum absolute atomic E-state index is 10.4. The van der Waals surface area contributed by atoms with E-state index in [2.05, 4.69) is 0 Å². The molecular weight excluding hydrogens is 182 g/mol. The molecule has 0 aromatic rings. The van der Waals surface area contributed by atoms with Gasteiger partial charge in [0.2, 0.25) is 0 Å². The van der Waals surface area contributed by atoms with Crippen molar-refractivity contribution in [2.45, 2.75) is 49.7 Å². The first kappa shape index (κ1) is 9.81. The van der Waals surface area contributed by atoms with Gasteiger partial charge in [0, 0.05) is 11.3 Å². The fourth-order valence-corrected chi connectivity index (χ4v) is 3.99. The first-order valence-corrected chi connectivity index (χ1v) is 6.41. The highest BCUT2D eigenvalue weighted by Gasteiger charge is 2.49. The molecule has 1 unspecified atom stereocenters. The maximum atomic E-state index is 10.4. The number of rotatable bonds is 1. The minimum Gasteiger partial charge on any atom is -0.387 e. The van der Waals surface area contributed by atoms with E-state index in [1.807, 2.05) is 11.8 Å². The molecule has 3 heteroatoms. The van der Waals surface area contributed by atoms with Crippen LogP contribution >= 0.6 is 11.8 Å². The van der Waals surface area contributed by atoms with Crippen LogP contribution in [0.3, 0.4) is 0 Å². The van der Waals surface area contributed by atoms with Crippen molar-refractivity contribution in [3.8, 4) is 0 Å². The summed E-state index contributed by atoms with van der Waals surface area (Å²) < 4.78 is 0. The molecule has 13 heavy (non-hydrogen) atoms.